The van der Waals surface area contributed by atoms with Crippen molar-refractivity contribution >= 4 is 46.0 Å². The second-order valence-electron chi connectivity index (χ2n) is 10.2. The summed E-state index contributed by atoms with van der Waals surface area (Å²) in [6.07, 6.45) is 6.14. The molecule has 1 aliphatic heterocycles. The van der Waals surface area contributed by atoms with E-state index in [4.69, 9.17) is 4.74 Å². The molecule has 1 amide bonds. The number of ketones is 1. The van der Waals surface area contributed by atoms with Crippen molar-refractivity contribution in [1.29, 1.82) is 0 Å². The highest BCUT2D eigenvalue weighted by Crippen LogP contribution is 2.44. The van der Waals surface area contributed by atoms with Gasteiger partial charge in [0.25, 0.3) is 5.91 Å². The molecule has 1 aromatic heterocycles. The number of anilines is 1. The molecule has 1 N–H and O–H groups in total. The predicted octanol–water partition coefficient (Wildman–Crippen LogP) is 7.89. The summed E-state index contributed by atoms with van der Waals surface area (Å²) < 4.78 is 6.66. The van der Waals surface area contributed by atoms with Crippen LogP contribution >= 0.6 is 23.1 Å². The molecule has 3 aromatic carbocycles. The van der Waals surface area contributed by atoms with E-state index in [2.05, 4.69) is 41.4 Å². The fraction of sp³-hybridized carbons (Fsp3) is 0.235. The van der Waals surface area contributed by atoms with Crippen LogP contribution in [0.5, 0.6) is 5.75 Å². The van der Waals surface area contributed by atoms with Crippen LogP contribution in [0.25, 0.3) is 6.08 Å². The lowest BCUT2D eigenvalue weighted by atomic mass is 9.95. The van der Waals surface area contributed by atoms with Gasteiger partial charge in [-0.15, -0.1) is 10.2 Å². The van der Waals surface area contributed by atoms with Crippen LogP contribution < -0.4 is 9.64 Å². The number of rotatable bonds is 13. The van der Waals surface area contributed by atoms with Gasteiger partial charge in [-0.25, -0.2) is 0 Å². The molecule has 0 aliphatic carbocycles. The molecule has 1 aliphatic rings. The molecule has 0 radical (unpaired) electrons. The number of hydrogen-bond acceptors (Lipinski definition) is 8. The van der Waals surface area contributed by atoms with Crippen LogP contribution in [0, 0.1) is 6.92 Å². The SMILES string of the molecule is CCCCCOc1cccc(C2C(C(=O)C=Cc3ccccc3)=C(O)C(=O)N2c2nnc(SCc3ccc(C)cc3)s2)c1. The number of thioether (sulfide) groups is 1. The van der Waals surface area contributed by atoms with E-state index in [-0.39, 0.29) is 5.57 Å². The van der Waals surface area contributed by atoms with Crippen LogP contribution in [0.2, 0.25) is 0 Å². The molecule has 5 rings (SSSR count). The summed E-state index contributed by atoms with van der Waals surface area (Å²) in [5.74, 6) is -0.421. The molecular weight excluding hydrogens is 579 g/mol. The zero-order chi connectivity index (χ0) is 30.2. The van der Waals surface area contributed by atoms with Crippen molar-refractivity contribution in [2.24, 2.45) is 0 Å². The van der Waals surface area contributed by atoms with Gasteiger partial charge >= 0.3 is 0 Å². The number of hydrogen-bond donors (Lipinski definition) is 1. The molecular formula is C34H33N3O4S2. The molecule has 0 saturated heterocycles. The zero-order valence-corrected chi connectivity index (χ0v) is 25.7. The molecule has 1 atom stereocenters. The van der Waals surface area contributed by atoms with Crippen molar-refractivity contribution in [3.8, 4) is 5.75 Å². The number of carbonyl (C=O) groups excluding carboxylic acids is 2. The summed E-state index contributed by atoms with van der Waals surface area (Å²) in [5, 5.41) is 20.0. The third kappa shape index (κ3) is 7.42. The minimum absolute atomic E-state index is 0.00984. The monoisotopic (exact) mass is 611 g/mol. The largest absolute Gasteiger partial charge is 0.503 e. The Morgan fingerprint density at radius 2 is 1.84 bits per heavy atom. The smallest absolute Gasteiger partial charge is 0.296 e. The molecule has 0 bridgehead atoms. The van der Waals surface area contributed by atoms with E-state index in [1.807, 2.05) is 61.5 Å². The van der Waals surface area contributed by atoms with Gasteiger partial charge in [0.15, 0.2) is 15.9 Å². The van der Waals surface area contributed by atoms with Crippen LogP contribution in [0.3, 0.4) is 0 Å². The summed E-state index contributed by atoms with van der Waals surface area (Å²) in [7, 11) is 0. The molecule has 0 saturated carbocycles. The van der Waals surface area contributed by atoms with Crippen molar-refractivity contribution in [2.45, 2.75) is 49.2 Å². The molecule has 1 unspecified atom stereocenters. The normalized spacial score (nSPS) is 15.1. The molecule has 220 valence electrons. The number of allylic oxidation sites excluding steroid dienone is 1. The fourth-order valence-corrected chi connectivity index (χ4v) is 6.52. The molecule has 9 heteroatoms. The van der Waals surface area contributed by atoms with E-state index < -0.39 is 23.5 Å². The lowest BCUT2D eigenvalue weighted by molar-refractivity contribution is -0.117. The molecule has 7 nitrogen and oxygen atoms in total. The Morgan fingerprint density at radius 3 is 2.60 bits per heavy atom. The number of unbranched alkanes of at least 4 members (excludes halogenated alkanes) is 2. The van der Waals surface area contributed by atoms with Gasteiger partial charge in [0.05, 0.1) is 18.2 Å². The minimum atomic E-state index is -0.900. The lowest BCUT2D eigenvalue weighted by Gasteiger charge is -2.24. The zero-order valence-electron chi connectivity index (χ0n) is 24.1. The highest BCUT2D eigenvalue weighted by Gasteiger charge is 2.45. The number of nitrogens with zero attached hydrogens (tertiary/aromatic N) is 3. The summed E-state index contributed by atoms with van der Waals surface area (Å²) in [4.78, 5) is 28.5. The summed E-state index contributed by atoms with van der Waals surface area (Å²) in [5.41, 5.74) is 3.79. The van der Waals surface area contributed by atoms with E-state index in [1.54, 1.807) is 6.08 Å². The van der Waals surface area contributed by atoms with Crippen molar-refractivity contribution in [3.63, 3.8) is 0 Å². The van der Waals surface area contributed by atoms with Crippen molar-refractivity contribution in [1.82, 2.24) is 10.2 Å². The number of aliphatic hydroxyl groups excluding tert-OH is 1. The Balaban J connectivity index is 1.45. The van der Waals surface area contributed by atoms with E-state index in [9.17, 15) is 14.7 Å². The number of aliphatic hydroxyl groups is 1. The minimum Gasteiger partial charge on any atom is -0.503 e. The first kappa shape index (κ1) is 30.3. The van der Waals surface area contributed by atoms with Gasteiger partial charge in [0.1, 0.15) is 5.75 Å². The number of ether oxygens (including phenoxy) is 1. The average molecular weight is 612 g/mol. The van der Waals surface area contributed by atoms with Crippen LogP contribution in [0.1, 0.15) is 54.5 Å². The maximum absolute atomic E-state index is 13.6. The quantitative estimate of drug-likeness (QED) is 0.0711. The standard InChI is InChI=1S/C34H33N3O4S2/c1-3-4-8-20-41-27-13-9-12-26(21-27)30-29(28(38)19-18-24-10-6-5-7-11-24)31(39)32(40)37(30)33-35-36-34(43-33)42-22-25-16-14-23(2)15-17-25/h5-7,9-19,21,30,39H,3-4,8,20,22H2,1-2H3. The first-order valence-electron chi connectivity index (χ1n) is 14.2. The number of aryl methyl sites for hydroxylation is 1. The molecule has 0 spiro atoms. The highest BCUT2D eigenvalue weighted by molar-refractivity contribution is 8.00. The molecule has 0 fully saturated rings. The predicted molar refractivity (Wildman–Crippen MR) is 172 cm³/mol. The van der Waals surface area contributed by atoms with Gasteiger partial charge in [-0.05, 0) is 48.2 Å². The van der Waals surface area contributed by atoms with E-state index >= 15 is 0 Å². The van der Waals surface area contributed by atoms with Gasteiger partial charge < -0.3 is 9.84 Å². The summed E-state index contributed by atoms with van der Waals surface area (Å²) >= 11 is 2.77. The Labute approximate surface area is 259 Å². The Bertz CT molecular complexity index is 1630. The highest BCUT2D eigenvalue weighted by atomic mass is 32.2. The van der Waals surface area contributed by atoms with Gasteiger partial charge in [0, 0.05) is 5.75 Å². The van der Waals surface area contributed by atoms with Crippen LogP contribution in [0.15, 0.2) is 101 Å². The summed E-state index contributed by atoms with van der Waals surface area (Å²) in [6, 6.07) is 24.1. The van der Waals surface area contributed by atoms with Crippen molar-refractivity contribution in [2.75, 3.05) is 11.5 Å². The number of carbonyl (C=O) groups is 2. The lowest BCUT2D eigenvalue weighted by Crippen LogP contribution is -2.30. The molecule has 2 heterocycles. The number of benzene rings is 3. The number of amides is 1. The average Bonchev–Trinajstić information content (AvgIpc) is 3.60. The van der Waals surface area contributed by atoms with Gasteiger partial charge in [-0.2, -0.15) is 0 Å². The second kappa shape index (κ2) is 14.3. The Kier molecular flexibility index (Phi) is 10.1. The third-order valence-corrected chi connectivity index (χ3v) is 9.10. The van der Waals surface area contributed by atoms with E-state index in [0.717, 1.165) is 30.4 Å². The van der Waals surface area contributed by atoms with Crippen molar-refractivity contribution in [3.05, 3.63) is 119 Å². The van der Waals surface area contributed by atoms with Crippen LogP contribution in [-0.4, -0.2) is 33.6 Å². The Hall–Kier alpha value is -4.21. The van der Waals surface area contributed by atoms with E-state index in [0.29, 0.717) is 33.1 Å². The van der Waals surface area contributed by atoms with Gasteiger partial charge in [0.2, 0.25) is 5.13 Å². The number of aromatic nitrogens is 2. The first-order chi connectivity index (χ1) is 20.9. The maximum Gasteiger partial charge on any atom is 0.296 e. The maximum atomic E-state index is 13.6. The first-order valence-corrected chi connectivity index (χ1v) is 16.0. The van der Waals surface area contributed by atoms with Crippen LogP contribution in [-0.2, 0) is 15.3 Å². The Morgan fingerprint density at radius 1 is 1.05 bits per heavy atom. The third-order valence-electron chi connectivity index (χ3n) is 6.98. The molecule has 4 aromatic rings. The van der Waals surface area contributed by atoms with E-state index in [1.165, 1.54) is 39.6 Å². The fourth-order valence-electron chi connectivity index (χ4n) is 4.70. The second-order valence-corrected chi connectivity index (χ2v) is 12.4. The van der Waals surface area contributed by atoms with Crippen molar-refractivity contribution < 1.29 is 19.4 Å². The van der Waals surface area contributed by atoms with Gasteiger partial charge in [-0.1, -0.05) is 121 Å². The van der Waals surface area contributed by atoms with Gasteiger partial charge in [-0.3, -0.25) is 14.5 Å². The molecule has 43 heavy (non-hydrogen) atoms. The topological polar surface area (TPSA) is 92.6 Å². The summed E-state index contributed by atoms with van der Waals surface area (Å²) in [6.45, 7) is 4.75. The van der Waals surface area contributed by atoms with Crippen LogP contribution in [0.4, 0.5) is 5.13 Å².